The third kappa shape index (κ3) is 3.37. The first-order valence-corrected chi connectivity index (χ1v) is 5.18. The Kier molecular flexibility index (Phi) is 4.25. The van der Waals surface area contributed by atoms with Crippen LogP contribution >= 0.6 is 15.9 Å². The largest absolute Gasteiger partial charge is 0.481 e. The lowest BCUT2D eigenvalue weighted by Gasteiger charge is -2.14. The zero-order valence-corrected chi connectivity index (χ0v) is 10.0. The molecule has 100 valence electrons. The summed E-state index contributed by atoms with van der Waals surface area (Å²) in [6, 6.07) is 0.368. The molecule has 0 unspecified atom stereocenters. The van der Waals surface area contributed by atoms with Crippen molar-refractivity contribution >= 4 is 21.9 Å². The zero-order chi connectivity index (χ0) is 14.1. The number of pyridine rings is 1. The van der Waals surface area contributed by atoms with E-state index in [9.17, 15) is 26.7 Å². The molecule has 0 fully saturated rings. The highest BCUT2D eigenvalue weighted by molar-refractivity contribution is 9.10. The molecule has 0 aliphatic rings. The average Bonchev–Trinajstić information content (AvgIpc) is 2.17. The molecule has 0 atom stereocenters. The second-order valence-electron chi connectivity index (χ2n) is 3.24. The molecule has 1 heterocycles. The van der Waals surface area contributed by atoms with Crippen LogP contribution in [0.15, 0.2) is 10.7 Å². The number of alkyl halides is 5. The zero-order valence-electron chi connectivity index (χ0n) is 8.43. The van der Waals surface area contributed by atoms with E-state index in [1.54, 1.807) is 0 Å². The van der Waals surface area contributed by atoms with Gasteiger partial charge in [-0.05, 0) is 27.6 Å². The second kappa shape index (κ2) is 5.17. The minimum Gasteiger partial charge on any atom is -0.481 e. The number of carboxylic acids is 1. The predicted molar refractivity (Wildman–Crippen MR) is 53.2 cm³/mol. The molecule has 0 amide bonds. The summed E-state index contributed by atoms with van der Waals surface area (Å²) in [5, 5.41) is 8.49. The molecule has 0 radical (unpaired) electrons. The topological polar surface area (TPSA) is 50.2 Å². The van der Waals surface area contributed by atoms with Gasteiger partial charge in [-0.25, -0.2) is 13.8 Å². The van der Waals surface area contributed by atoms with Gasteiger partial charge in [0.2, 0.25) is 0 Å². The van der Waals surface area contributed by atoms with E-state index < -0.39 is 36.2 Å². The summed E-state index contributed by atoms with van der Waals surface area (Å²) in [6.07, 6.45) is -9.18. The van der Waals surface area contributed by atoms with Gasteiger partial charge in [0.25, 0.3) is 6.43 Å². The van der Waals surface area contributed by atoms with E-state index in [0.29, 0.717) is 6.07 Å². The van der Waals surface area contributed by atoms with Gasteiger partial charge in [-0.2, -0.15) is 13.2 Å². The average molecular weight is 334 g/mol. The Bertz CT molecular complexity index is 475. The molecule has 0 aromatic carbocycles. The molecule has 0 aliphatic carbocycles. The van der Waals surface area contributed by atoms with Crippen LogP contribution in [-0.4, -0.2) is 16.1 Å². The molecule has 18 heavy (non-hydrogen) atoms. The first kappa shape index (κ1) is 14.8. The van der Waals surface area contributed by atoms with Crippen molar-refractivity contribution in [2.24, 2.45) is 0 Å². The van der Waals surface area contributed by atoms with Crippen LogP contribution < -0.4 is 0 Å². The molecule has 9 heteroatoms. The first-order valence-electron chi connectivity index (χ1n) is 4.39. The molecule has 1 aromatic heterocycles. The SMILES string of the molecule is O=C(O)Cc1cc(C(F)(F)F)c(C(F)F)nc1Br. The lowest BCUT2D eigenvalue weighted by atomic mass is 10.1. The number of halogens is 6. The Balaban J connectivity index is 3.40. The summed E-state index contributed by atoms with van der Waals surface area (Å²) in [6.45, 7) is 0. The van der Waals surface area contributed by atoms with Gasteiger partial charge in [0.15, 0.2) is 0 Å². The van der Waals surface area contributed by atoms with E-state index in [2.05, 4.69) is 20.9 Å². The minimum atomic E-state index is -5.02. The summed E-state index contributed by atoms with van der Waals surface area (Å²) in [5.74, 6) is -1.39. The van der Waals surface area contributed by atoms with Crippen LogP contribution in [-0.2, 0) is 17.4 Å². The smallest absolute Gasteiger partial charge is 0.418 e. The van der Waals surface area contributed by atoms with Crippen molar-refractivity contribution in [3.63, 3.8) is 0 Å². The number of hydrogen-bond donors (Lipinski definition) is 1. The molecule has 0 saturated carbocycles. The third-order valence-corrected chi connectivity index (χ3v) is 2.62. The van der Waals surface area contributed by atoms with Gasteiger partial charge in [-0.1, -0.05) is 0 Å². The predicted octanol–water partition coefficient (Wildman–Crippen LogP) is 3.43. The van der Waals surface area contributed by atoms with Crippen molar-refractivity contribution in [1.29, 1.82) is 0 Å². The maximum absolute atomic E-state index is 12.5. The normalized spacial score (nSPS) is 11.9. The van der Waals surface area contributed by atoms with Gasteiger partial charge < -0.3 is 5.11 Å². The van der Waals surface area contributed by atoms with Gasteiger partial charge in [0, 0.05) is 0 Å². The highest BCUT2D eigenvalue weighted by Crippen LogP contribution is 2.37. The first-order chi connectivity index (χ1) is 8.12. The number of carbonyl (C=O) groups is 1. The quantitative estimate of drug-likeness (QED) is 0.681. The third-order valence-electron chi connectivity index (χ3n) is 1.93. The van der Waals surface area contributed by atoms with E-state index in [1.807, 2.05) is 0 Å². The van der Waals surface area contributed by atoms with Crippen molar-refractivity contribution in [1.82, 2.24) is 4.98 Å². The van der Waals surface area contributed by atoms with Gasteiger partial charge >= 0.3 is 12.1 Å². The van der Waals surface area contributed by atoms with Crippen LogP contribution in [0, 0.1) is 0 Å². The van der Waals surface area contributed by atoms with Crippen molar-refractivity contribution < 1.29 is 31.9 Å². The summed E-state index contributed by atoms with van der Waals surface area (Å²) in [4.78, 5) is 13.5. The Morgan fingerprint density at radius 2 is 2.00 bits per heavy atom. The van der Waals surface area contributed by atoms with Crippen molar-refractivity contribution in [3.05, 3.63) is 27.5 Å². The molecule has 3 nitrogen and oxygen atoms in total. The van der Waals surface area contributed by atoms with Crippen LogP contribution in [0.1, 0.15) is 23.2 Å². The maximum atomic E-state index is 12.5. The highest BCUT2D eigenvalue weighted by Gasteiger charge is 2.37. The summed E-state index contributed by atoms with van der Waals surface area (Å²) >= 11 is 2.67. The Hall–Kier alpha value is -1.25. The number of carboxylic acid groups (broad SMARTS) is 1. The van der Waals surface area contributed by atoms with Gasteiger partial charge in [0.05, 0.1) is 12.0 Å². The monoisotopic (exact) mass is 333 g/mol. The Morgan fingerprint density at radius 3 is 2.39 bits per heavy atom. The van der Waals surface area contributed by atoms with Crippen molar-refractivity contribution in [2.45, 2.75) is 19.0 Å². The maximum Gasteiger partial charge on any atom is 0.418 e. The Labute approximate surface area is 106 Å². The second-order valence-corrected chi connectivity index (χ2v) is 3.99. The van der Waals surface area contributed by atoms with Crippen LogP contribution in [0.3, 0.4) is 0 Å². The molecule has 1 N–H and O–H groups in total. The highest BCUT2D eigenvalue weighted by atomic mass is 79.9. The molecule has 0 aliphatic heterocycles. The number of hydrogen-bond acceptors (Lipinski definition) is 2. The lowest BCUT2D eigenvalue weighted by molar-refractivity contribution is -0.140. The number of aliphatic carboxylic acids is 1. The number of rotatable bonds is 3. The summed E-state index contributed by atoms with van der Waals surface area (Å²) in [5.41, 5.74) is -3.38. The van der Waals surface area contributed by atoms with E-state index in [-0.39, 0.29) is 10.2 Å². The molecule has 1 aromatic rings. The van der Waals surface area contributed by atoms with E-state index >= 15 is 0 Å². The van der Waals surface area contributed by atoms with Gasteiger partial charge in [-0.3, -0.25) is 4.79 Å². The van der Waals surface area contributed by atoms with Crippen LogP contribution in [0.25, 0.3) is 0 Å². The standard InChI is InChI=1S/C9H5BrF5NO2/c10-7-3(2-5(17)18)1-4(9(13,14)15)6(16-7)8(11)12/h1,8H,2H2,(H,17,18). The van der Waals surface area contributed by atoms with Crippen LogP contribution in [0.2, 0.25) is 0 Å². The van der Waals surface area contributed by atoms with E-state index in [0.717, 1.165) is 0 Å². The molecule has 0 bridgehead atoms. The molecule has 0 saturated heterocycles. The van der Waals surface area contributed by atoms with E-state index in [4.69, 9.17) is 5.11 Å². The minimum absolute atomic E-state index is 0.320. The van der Waals surface area contributed by atoms with Gasteiger partial charge in [0.1, 0.15) is 10.3 Å². The fourth-order valence-electron chi connectivity index (χ4n) is 1.23. The Morgan fingerprint density at radius 1 is 1.44 bits per heavy atom. The summed E-state index contributed by atoms with van der Waals surface area (Å²) < 4.78 is 62.1. The number of nitrogens with zero attached hydrogens (tertiary/aromatic N) is 1. The number of aromatic nitrogens is 1. The summed E-state index contributed by atoms with van der Waals surface area (Å²) in [7, 11) is 0. The van der Waals surface area contributed by atoms with Crippen LogP contribution in [0.4, 0.5) is 22.0 Å². The van der Waals surface area contributed by atoms with Gasteiger partial charge in [-0.15, -0.1) is 0 Å². The molecule has 0 spiro atoms. The molecule has 1 rings (SSSR count). The fourth-order valence-corrected chi connectivity index (χ4v) is 1.67. The lowest BCUT2D eigenvalue weighted by Crippen LogP contribution is -2.14. The molecular weight excluding hydrogens is 329 g/mol. The van der Waals surface area contributed by atoms with E-state index in [1.165, 1.54) is 0 Å². The van der Waals surface area contributed by atoms with Crippen molar-refractivity contribution in [3.8, 4) is 0 Å². The van der Waals surface area contributed by atoms with Crippen LogP contribution in [0.5, 0.6) is 0 Å². The fraction of sp³-hybridized carbons (Fsp3) is 0.333. The molecular formula is C9H5BrF5NO2. The van der Waals surface area contributed by atoms with Crippen molar-refractivity contribution in [2.75, 3.05) is 0 Å².